The number of carbonyl (C=O) groups is 1. The number of ketones is 1. The van der Waals surface area contributed by atoms with Gasteiger partial charge in [0.05, 0.1) is 12.2 Å². The summed E-state index contributed by atoms with van der Waals surface area (Å²) in [6, 6.07) is 14.1. The Kier molecular flexibility index (Phi) is 4.42. The van der Waals surface area contributed by atoms with Crippen LogP contribution in [0.3, 0.4) is 0 Å². The number of benzene rings is 2. The van der Waals surface area contributed by atoms with Crippen molar-refractivity contribution in [1.29, 1.82) is 0 Å². The molecule has 0 bridgehead atoms. The monoisotopic (exact) mass is 322 g/mol. The topological polar surface area (TPSA) is 118 Å². The molecule has 24 heavy (non-hydrogen) atoms. The first kappa shape index (κ1) is 15.5. The number of anilines is 1. The molecule has 0 aliphatic carbocycles. The summed E-state index contributed by atoms with van der Waals surface area (Å²) in [5.74, 6) is 0.678. The zero-order valence-electron chi connectivity index (χ0n) is 13.0. The van der Waals surface area contributed by atoms with Gasteiger partial charge in [-0.2, -0.15) is 0 Å². The molecule has 0 aromatic heterocycles. The van der Waals surface area contributed by atoms with E-state index in [9.17, 15) is 4.79 Å². The number of nitrogens with one attached hydrogen (secondary N) is 2. The SMILES string of the molecule is NC(N)=Nc1ccc(C(=O)c2ccc(NC3=NCCN3)cc2)cc1. The highest BCUT2D eigenvalue weighted by Gasteiger charge is 2.10. The first-order chi connectivity index (χ1) is 11.6. The quantitative estimate of drug-likeness (QED) is 0.383. The van der Waals surface area contributed by atoms with Gasteiger partial charge in [-0.25, -0.2) is 4.99 Å². The van der Waals surface area contributed by atoms with Crippen molar-refractivity contribution >= 4 is 29.1 Å². The molecule has 7 heteroatoms. The predicted molar refractivity (Wildman–Crippen MR) is 95.7 cm³/mol. The summed E-state index contributed by atoms with van der Waals surface area (Å²) in [5, 5.41) is 6.29. The Morgan fingerprint density at radius 2 is 1.67 bits per heavy atom. The molecule has 2 aromatic carbocycles. The molecular formula is C17H18N6O. The lowest BCUT2D eigenvalue weighted by atomic mass is 10.0. The lowest BCUT2D eigenvalue weighted by Gasteiger charge is -2.07. The number of nitrogens with zero attached hydrogens (tertiary/aromatic N) is 2. The van der Waals surface area contributed by atoms with Crippen molar-refractivity contribution in [1.82, 2.24) is 5.32 Å². The van der Waals surface area contributed by atoms with E-state index in [1.807, 2.05) is 12.1 Å². The minimum atomic E-state index is -0.0610. The van der Waals surface area contributed by atoms with E-state index in [1.54, 1.807) is 36.4 Å². The molecule has 7 nitrogen and oxygen atoms in total. The van der Waals surface area contributed by atoms with Gasteiger partial charge in [0.1, 0.15) is 0 Å². The lowest BCUT2D eigenvalue weighted by molar-refractivity contribution is 0.103. The summed E-state index contributed by atoms with van der Waals surface area (Å²) in [4.78, 5) is 20.7. The second-order valence-electron chi connectivity index (χ2n) is 5.27. The maximum absolute atomic E-state index is 12.5. The van der Waals surface area contributed by atoms with E-state index >= 15 is 0 Å². The third-order valence-corrected chi connectivity index (χ3v) is 3.47. The minimum absolute atomic E-state index is 0.0153. The van der Waals surface area contributed by atoms with Gasteiger partial charge in [0.25, 0.3) is 0 Å². The van der Waals surface area contributed by atoms with E-state index in [0.717, 1.165) is 24.7 Å². The van der Waals surface area contributed by atoms with Gasteiger partial charge in [-0.3, -0.25) is 9.79 Å². The maximum Gasteiger partial charge on any atom is 0.195 e. The van der Waals surface area contributed by atoms with Crippen LogP contribution in [0, 0.1) is 0 Å². The smallest absolute Gasteiger partial charge is 0.195 e. The first-order valence-electron chi connectivity index (χ1n) is 7.51. The van der Waals surface area contributed by atoms with E-state index in [1.165, 1.54) is 0 Å². The van der Waals surface area contributed by atoms with Crippen molar-refractivity contribution in [3.05, 3.63) is 59.7 Å². The molecule has 0 atom stereocenters. The highest BCUT2D eigenvalue weighted by molar-refractivity contribution is 6.09. The van der Waals surface area contributed by atoms with Crippen LogP contribution in [0.25, 0.3) is 0 Å². The average molecular weight is 322 g/mol. The Hall–Kier alpha value is -3.35. The normalized spacial score (nSPS) is 12.9. The number of rotatable bonds is 4. The molecule has 0 saturated heterocycles. The number of hydrogen-bond donors (Lipinski definition) is 4. The summed E-state index contributed by atoms with van der Waals surface area (Å²) in [6.45, 7) is 1.61. The summed E-state index contributed by atoms with van der Waals surface area (Å²) in [5.41, 5.74) is 13.3. The Balaban J connectivity index is 1.71. The van der Waals surface area contributed by atoms with Crippen molar-refractivity contribution in [2.45, 2.75) is 0 Å². The van der Waals surface area contributed by atoms with Gasteiger partial charge in [0.2, 0.25) is 0 Å². The molecular weight excluding hydrogens is 304 g/mol. The van der Waals surface area contributed by atoms with E-state index in [4.69, 9.17) is 11.5 Å². The van der Waals surface area contributed by atoms with Crippen molar-refractivity contribution < 1.29 is 4.79 Å². The molecule has 1 aliphatic heterocycles. The molecule has 3 rings (SSSR count). The van der Waals surface area contributed by atoms with Gasteiger partial charge in [-0.15, -0.1) is 0 Å². The standard InChI is InChI=1S/C17H18N6O/c18-16(19)22-13-5-1-11(2-6-13)15(24)12-3-7-14(8-4-12)23-17-20-9-10-21-17/h1-8H,9-10H2,(H4,18,19,22)(H2,20,21,23). The third kappa shape index (κ3) is 3.70. The number of nitrogens with two attached hydrogens (primary N) is 2. The van der Waals surface area contributed by atoms with Crippen molar-refractivity contribution in [2.75, 3.05) is 18.4 Å². The zero-order chi connectivity index (χ0) is 16.9. The van der Waals surface area contributed by atoms with Crippen LogP contribution in [-0.2, 0) is 0 Å². The molecule has 0 saturated carbocycles. The van der Waals surface area contributed by atoms with Gasteiger partial charge in [-0.1, -0.05) is 0 Å². The third-order valence-electron chi connectivity index (χ3n) is 3.47. The molecule has 0 unspecified atom stereocenters. The summed E-state index contributed by atoms with van der Waals surface area (Å²) in [7, 11) is 0. The molecule has 0 amide bonds. The highest BCUT2D eigenvalue weighted by Crippen LogP contribution is 2.17. The van der Waals surface area contributed by atoms with E-state index in [0.29, 0.717) is 16.8 Å². The number of guanidine groups is 2. The van der Waals surface area contributed by atoms with E-state index in [-0.39, 0.29) is 11.7 Å². The van der Waals surface area contributed by atoms with Crippen LogP contribution in [-0.4, -0.2) is 30.8 Å². The molecule has 6 N–H and O–H groups in total. The van der Waals surface area contributed by atoms with Crippen molar-refractivity contribution in [3.8, 4) is 0 Å². The molecule has 1 aliphatic rings. The Labute approximate surface area is 139 Å². The van der Waals surface area contributed by atoms with Crippen LogP contribution >= 0.6 is 0 Å². The molecule has 0 fully saturated rings. The zero-order valence-corrected chi connectivity index (χ0v) is 13.0. The van der Waals surface area contributed by atoms with Gasteiger partial charge in [0, 0.05) is 23.4 Å². The fourth-order valence-electron chi connectivity index (χ4n) is 2.33. The Morgan fingerprint density at radius 3 is 2.21 bits per heavy atom. The maximum atomic E-state index is 12.5. The van der Waals surface area contributed by atoms with Crippen LogP contribution in [0.15, 0.2) is 58.5 Å². The molecule has 0 spiro atoms. The van der Waals surface area contributed by atoms with E-state index in [2.05, 4.69) is 20.6 Å². The molecule has 1 heterocycles. The van der Waals surface area contributed by atoms with Gasteiger partial charge < -0.3 is 22.1 Å². The van der Waals surface area contributed by atoms with Crippen LogP contribution < -0.4 is 22.1 Å². The molecule has 122 valence electrons. The largest absolute Gasteiger partial charge is 0.370 e. The number of carbonyl (C=O) groups excluding carboxylic acids is 1. The van der Waals surface area contributed by atoms with Gasteiger partial charge in [0.15, 0.2) is 17.7 Å². The van der Waals surface area contributed by atoms with Crippen molar-refractivity contribution in [3.63, 3.8) is 0 Å². The first-order valence-corrected chi connectivity index (χ1v) is 7.51. The van der Waals surface area contributed by atoms with Crippen LogP contribution in [0.5, 0.6) is 0 Å². The van der Waals surface area contributed by atoms with Crippen LogP contribution in [0.4, 0.5) is 11.4 Å². The van der Waals surface area contributed by atoms with Gasteiger partial charge in [-0.05, 0) is 48.5 Å². The average Bonchev–Trinajstić information content (AvgIpc) is 3.08. The lowest BCUT2D eigenvalue weighted by Crippen LogP contribution is -2.26. The summed E-state index contributed by atoms with van der Waals surface area (Å²) in [6.07, 6.45) is 0. The second kappa shape index (κ2) is 6.82. The summed E-state index contributed by atoms with van der Waals surface area (Å²) >= 11 is 0. The Bertz CT molecular complexity index is 789. The second-order valence-corrected chi connectivity index (χ2v) is 5.27. The minimum Gasteiger partial charge on any atom is -0.370 e. The fraction of sp³-hybridized carbons (Fsp3) is 0.118. The predicted octanol–water partition coefficient (Wildman–Crippen LogP) is 1.19. The highest BCUT2D eigenvalue weighted by atomic mass is 16.1. The van der Waals surface area contributed by atoms with Gasteiger partial charge >= 0.3 is 0 Å². The Morgan fingerprint density at radius 1 is 1.04 bits per heavy atom. The van der Waals surface area contributed by atoms with E-state index < -0.39 is 0 Å². The fourth-order valence-corrected chi connectivity index (χ4v) is 2.33. The van der Waals surface area contributed by atoms with Crippen LogP contribution in [0.2, 0.25) is 0 Å². The number of hydrogen-bond acceptors (Lipinski definition) is 5. The molecule has 0 radical (unpaired) electrons. The van der Waals surface area contributed by atoms with Crippen molar-refractivity contribution in [2.24, 2.45) is 21.5 Å². The number of aliphatic imine (C=N–C) groups is 2. The van der Waals surface area contributed by atoms with Crippen LogP contribution in [0.1, 0.15) is 15.9 Å². The molecule has 2 aromatic rings. The summed E-state index contributed by atoms with van der Waals surface area (Å²) < 4.78 is 0.